The van der Waals surface area contributed by atoms with E-state index >= 15 is 0 Å². The maximum atomic E-state index is 14.6. The van der Waals surface area contributed by atoms with Crippen molar-refractivity contribution in [2.75, 3.05) is 52.4 Å². The number of benzene rings is 6. The molecule has 10 rings (SSSR count). The van der Waals surface area contributed by atoms with Crippen LogP contribution in [0.4, 0.5) is 35.1 Å². The van der Waals surface area contributed by atoms with Crippen LogP contribution in [0.2, 0.25) is 0 Å². The SMILES string of the molecule is [2H]C(C)(c1ccc(-c2ccc(C(F)(F)F)cc2)cc1)N(CCN(CC)CC)C(=O)Cn1c(SCc2ccc(F)cc2)nc(=O)c2c1CCC2.[2H]C([2H])(Sc1nc(=O)c2c(n1CC(=O)N(CCN(CC)CC)C([2H])([2H])c1ccc(-c3ccc(C(F)(F)F)cc3)cc1)C([2H])([2H])C([2H])(C)C2([2H])[2H])c1ccc(F)cc1. The van der Waals surface area contributed by atoms with Gasteiger partial charge in [0.25, 0.3) is 11.1 Å². The summed E-state index contributed by atoms with van der Waals surface area (Å²) in [4.78, 5) is 70.3. The molecule has 8 aromatic rings. The molecule has 0 spiro atoms. The predicted octanol–water partition coefficient (Wildman–Crippen LogP) is 15.2. The zero-order valence-electron chi connectivity index (χ0n) is 63.8. The number of alkyl halides is 6. The fraction of sp³-hybridized carbons (Fsp3) is 0.378. The van der Waals surface area contributed by atoms with E-state index in [1.54, 1.807) is 48.2 Å². The molecule has 0 N–H and O–H groups in total. The highest BCUT2D eigenvalue weighted by atomic mass is 32.2. The third-order valence-corrected chi connectivity index (χ3v) is 18.4. The number of likely N-dealkylation sites (N-methyl/N-ethyl adjacent to an activating group) is 2. The summed E-state index contributed by atoms with van der Waals surface area (Å²) in [7, 11) is 0. The summed E-state index contributed by atoms with van der Waals surface area (Å²) in [6.07, 6.45) is -12.9. The van der Waals surface area contributed by atoms with Crippen molar-refractivity contribution in [3.05, 3.63) is 234 Å². The summed E-state index contributed by atoms with van der Waals surface area (Å²) >= 11 is 1.59. The van der Waals surface area contributed by atoms with Crippen LogP contribution >= 0.6 is 23.5 Å². The highest BCUT2D eigenvalue weighted by Gasteiger charge is 2.33. The third kappa shape index (κ3) is 18.8. The Morgan fingerprint density at radius 2 is 1.03 bits per heavy atom. The topological polar surface area (TPSA) is 117 Å². The van der Waals surface area contributed by atoms with Crippen molar-refractivity contribution in [3.63, 3.8) is 0 Å². The van der Waals surface area contributed by atoms with Crippen LogP contribution < -0.4 is 11.1 Å². The summed E-state index contributed by atoms with van der Waals surface area (Å²) in [6.45, 7) is 10.1. The van der Waals surface area contributed by atoms with Crippen molar-refractivity contribution < 1.29 is 58.4 Å². The third-order valence-electron chi connectivity index (χ3n) is 16.6. The molecule has 12 nitrogen and oxygen atoms in total. The van der Waals surface area contributed by atoms with Crippen LogP contribution in [0.15, 0.2) is 165 Å². The fourth-order valence-corrected chi connectivity index (χ4v) is 12.7. The number of amides is 2. The first-order valence-electron chi connectivity index (χ1n) is 36.3. The molecule has 22 heteroatoms. The molecule has 2 atom stereocenters. The van der Waals surface area contributed by atoms with E-state index in [2.05, 4.69) is 14.9 Å². The van der Waals surface area contributed by atoms with Gasteiger partial charge >= 0.3 is 12.4 Å². The van der Waals surface area contributed by atoms with Gasteiger partial charge in [-0.05, 0) is 164 Å². The molecule has 2 heterocycles. The molecule has 0 aliphatic heterocycles. The van der Waals surface area contributed by atoms with Crippen molar-refractivity contribution in [3.8, 4) is 22.3 Å². The van der Waals surface area contributed by atoms with Crippen LogP contribution in [0.3, 0.4) is 0 Å². The first-order chi connectivity index (χ1) is 49.6. The van der Waals surface area contributed by atoms with E-state index in [1.807, 2.05) is 37.2 Å². The second-order valence-electron chi connectivity index (χ2n) is 22.7. The summed E-state index contributed by atoms with van der Waals surface area (Å²) < 4.78 is 198. The van der Waals surface area contributed by atoms with E-state index in [4.69, 9.17) is 9.60 Å². The van der Waals surface area contributed by atoms with Gasteiger partial charge in [-0.15, -0.1) is 0 Å². The maximum absolute atomic E-state index is 14.6. The molecule has 0 fully saturated rings. The van der Waals surface area contributed by atoms with Crippen molar-refractivity contribution in [1.29, 1.82) is 0 Å². The summed E-state index contributed by atoms with van der Waals surface area (Å²) in [5.41, 5.74) is -2.32. The Kier molecular flexibility index (Phi) is 20.3. The normalized spacial score (nSPS) is 17.9. The zero-order chi connectivity index (χ0) is 77.9. The van der Waals surface area contributed by atoms with Crippen LogP contribution in [-0.4, -0.2) is 103 Å². The highest BCUT2D eigenvalue weighted by Crippen LogP contribution is 2.35. The van der Waals surface area contributed by atoms with Crippen molar-refractivity contribution in [1.82, 2.24) is 38.7 Å². The molecule has 0 saturated heterocycles. The number of carbonyl (C=O) groups is 2. The van der Waals surface area contributed by atoms with E-state index in [0.29, 0.717) is 76.8 Å². The lowest BCUT2D eigenvalue weighted by atomic mass is 9.99. The number of nitrogens with zero attached hydrogens (tertiary/aromatic N) is 8. The molecule has 0 radical (unpaired) electrons. The average molecular weight is 1370 g/mol. The van der Waals surface area contributed by atoms with E-state index < -0.39 is 101 Å². The minimum atomic E-state index is -4.53. The Hall–Kier alpha value is -7.92. The number of carbonyl (C=O) groups excluding carboxylic acids is 2. The molecule has 2 amide bonds. The molecule has 96 heavy (non-hydrogen) atoms. The number of aromatic nitrogens is 4. The first kappa shape index (κ1) is 59.4. The van der Waals surface area contributed by atoms with Gasteiger partial charge in [-0.1, -0.05) is 155 Å². The largest absolute Gasteiger partial charge is 0.416 e. The van der Waals surface area contributed by atoms with Crippen molar-refractivity contribution in [2.45, 2.75) is 133 Å². The minimum absolute atomic E-state index is 0.0260. The molecule has 0 saturated carbocycles. The number of hydrogen-bond acceptors (Lipinski definition) is 10. The standard InChI is InChI=1S/2C37H40F4N4O2S/c1-4-43(5-2)18-19-44(22-26-6-10-28(11-7-26)29-12-14-30(15-13-29)37(39,40)41)34(46)23-45-33-21-25(3)20-32(33)35(47)42-36(45)48-24-27-8-16-31(38)17-9-27;1-4-43(5-2)21-22-44(25(3)27-11-13-28(14-12-27)29-15-17-30(18-16-29)37(39,40)41)34(46)23-45-33-8-6-7-32(33)35(47)42-36(45)48-24-26-9-19-31(38)20-10-26/h6-17,25H,4-5,18-24H2,1-3H3;9-20,25H,4-8,21-24H2,1-3H3/i20D2,21D2,22D2,24D2,25D;25D. The number of rotatable bonds is 26. The second kappa shape index (κ2) is 32.9. The summed E-state index contributed by atoms with van der Waals surface area (Å²) in [6, 6.07) is 30.9. The highest BCUT2D eigenvalue weighted by molar-refractivity contribution is 7.98. The summed E-state index contributed by atoms with van der Waals surface area (Å²) in [5.74, 6) is -4.52. The van der Waals surface area contributed by atoms with Gasteiger partial charge in [0.15, 0.2) is 10.3 Å². The Morgan fingerprint density at radius 1 is 0.583 bits per heavy atom. The smallest absolute Gasteiger partial charge is 0.336 e. The predicted molar refractivity (Wildman–Crippen MR) is 362 cm³/mol. The first-order valence-corrected chi connectivity index (χ1v) is 33.2. The van der Waals surface area contributed by atoms with Gasteiger partial charge in [0, 0.05) is 76.2 Å². The molecule has 2 aliphatic carbocycles. The molecular weight excluding hydrogens is 1280 g/mol. The van der Waals surface area contributed by atoms with Crippen LogP contribution in [-0.2, 0) is 78.6 Å². The van der Waals surface area contributed by atoms with Gasteiger partial charge in [-0.2, -0.15) is 36.3 Å². The van der Waals surface area contributed by atoms with E-state index in [1.165, 1.54) is 72.4 Å². The fourth-order valence-electron chi connectivity index (χ4n) is 11.0. The van der Waals surface area contributed by atoms with Gasteiger partial charge in [0.1, 0.15) is 24.7 Å². The maximum Gasteiger partial charge on any atom is 0.416 e. The number of fused-ring (bicyclic) bond motifs is 2. The Bertz CT molecular complexity index is 4550. The number of halogens is 8. The lowest BCUT2D eigenvalue weighted by Gasteiger charge is -2.33. The molecule has 2 aromatic heterocycles. The molecular formula is C74H80F8N8O4S2. The molecule has 508 valence electrons. The Balaban J connectivity index is 0.000000248. The lowest BCUT2D eigenvalue weighted by molar-refractivity contribution is -0.138. The molecule has 2 unspecified atom stereocenters. The second-order valence-corrected chi connectivity index (χ2v) is 24.4. The zero-order valence-corrected chi connectivity index (χ0v) is 55.4. The molecule has 0 bridgehead atoms. The van der Waals surface area contributed by atoms with Gasteiger partial charge in [0.2, 0.25) is 11.8 Å². The van der Waals surface area contributed by atoms with Gasteiger partial charge in [0.05, 0.1) is 21.3 Å². The van der Waals surface area contributed by atoms with E-state index in [-0.39, 0.29) is 66.4 Å². The number of thioether (sulfide) groups is 2. The lowest BCUT2D eigenvalue weighted by Crippen LogP contribution is -2.42. The Morgan fingerprint density at radius 3 is 1.55 bits per heavy atom. The van der Waals surface area contributed by atoms with Gasteiger partial charge in [-0.3, -0.25) is 19.2 Å². The van der Waals surface area contributed by atoms with Crippen LogP contribution in [0.25, 0.3) is 22.3 Å². The van der Waals surface area contributed by atoms with Crippen LogP contribution in [0.1, 0.15) is 124 Å². The Labute approximate surface area is 577 Å². The summed E-state index contributed by atoms with van der Waals surface area (Å²) in [5, 5.41) is -0.163. The van der Waals surface area contributed by atoms with Crippen molar-refractivity contribution >= 4 is 35.3 Å². The minimum Gasteiger partial charge on any atom is -0.336 e. The monoisotopic (exact) mass is 1370 g/mol. The van der Waals surface area contributed by atoms with Crippen LogP contribution in [0.5, 0.6) is 0 Å². The van der Waals surface area contributed by atoms with E-state index in [9.17, 15) is 58.4 Å². The molecule has 2 aliphatic rings. The molecule has 6 aromatic carbocycles. The quantitative estimate of drug-likeness (QED) is 0.0295. The number of hydrogen-bond donors (Lipinski definition) is 0. The van der Waals surface area contributed by atoms with Crippen LogP contribution in [0, 0.1) is 17.5 Å². The van der Waals surface area contributed by atoms with Gasteiger partial charge < -0.3 is 28.7 Å². The van der Waals surface area contributed by atoms with Crippen molar-refractivity contribution in [2.24, 2.45) is 5.89 Å². The average Bonchev–Trinajstić information content (AvgIpc) is 1.52. The van der Waals surface area contributed by atoms with Gasteiger partial charge in [-0.25, -0.2) is 8.78 Å². The van der Waals surface area contributed by atoms with E-state index in [0.717, 1.165) is 95.7 Å².